The van der Waals surface area contributed by atoms with Crippen LogP contribution in [-0.2, 0) is 6.54 Å². The zero-order valence-electron chi connectivity index (χ0n) is 15.8. The first kappa shape index (κ1) is 17.2. The van der Waals surface area contributed by atoms with Gasteiger partial charge in [0.15, 0.2) is 0 Å². The molecule has 1 aliphatic heterocycles. The third-order valence-electron chi connectivity index (χ3n) is 5.73. The van der Waals surface area contributed by atoms with Gasteiger partial charge in [0.05, 0.1) is 11.7 Å². The fourth-order valence-electron chi connectivity index (χ4n) is 3.96. The summed E-state index contributed by atoms with van der Waals surface area (Å²) < 4.78 is 8.71. The SMILES string of the molecule is O=C(c1cnccn1)N1CCC(Oc2cccc3c2ccn3CC2CC2)CC1. The Hall–Kier alpha value is -2.89. The van der Waals surface area contributed by atoms with E-state index in [1.165, 1.54) is 29.9 Å². The van der Waals surface area contributed by atoms with Crippen LogP contribution in [-0.4, -0.2) is 44.5 Å². The van der Waals surface area contributed by atoms with E-state index in [0.29, 0.717) is 18.8 Å². The molecule has 5 rings (SSSR count). The fourth-order valence-corrected chi connectivity index (χ4v) is 3.96. The van der Waals surface area contributed by atoms with Crippen LogP contribution in [0.5, 0.6) is 5.75 Å². The van der Waals surface area contributed by atoms with Crippen LogP contribution in [0.3, 0.4) is 0 Å². The first-order chi connectivity index (χ1) is 13.8. The molecule has 0 unspecified atom stereocenters. The monoisotopic (exact) mass is 376 g/mol. The van der Waals surface area contributed by atoms with Crippen molar-refractivity contribution < 1.29 is 9.53 Å². The van der Waals surface area contributed by atoms with Crippen molar-refractivity contribution in [3.8, 4) is 5.75 Å². The molecule has 6 heteroatoms. The van der Waals surface area contributed by atoms with E-state index in [0.717, 1.165) is 31.1 Å². The summed E-state index contributed by atoms with van der Waals surface area (Å²) in [5.41, 5.74) is 1.66. The van der Waals surface area contributed by atoms with Crippen molar-refractivity contribution in [3.05, 3.63) is 54.7 Å². The van der Waals surface area contributed by atoms with Gasteiger partial charge in [-0.05, 0) is 37.0 Å². The number of hydrogen-bond donors (Lipinski definition) is 0. The van der Waals surface area contributed by atoms with E-state index in [-0.39, 0.29) is 12.0 Å². The average Bonchev–Trinajstić information content (AvgIpc) is 3.47. The highest BCUT2D eigenvalue weighted by atomic mass is 16.5. The molecule has 6 nitrogen and oxygen atoms in total. The number of carbonyl (C=O) groups is 1. The molecule has 0 spiro atoms. The Balaban J connectivity index is 1.24. The fraction of sp³-hybridized carbons (Fsp3) is 0.409. The van der Waals surface area contributed by atoms with Crippen molar-refractivity contribution in [3.63, 3.8) is 0 Å². The highest BCUT2D eigenvalue weighted by Gasteiger charge is 2.26. The zero-order chi connectivity index (χ0) is 18.9. The topological polar surface area (TPSA) is 60.3 Å². The summed E-state index contributed by atoms with van der Waals surface area (Å²) in [7, 11) is 0. The Bertz CT molecular complexity index is 973. The van der Waals surface area contributed by atoms with Gasteiger partial charge in [-0.1, -0.05) is 6.07 Å². The summed E-state index contributed by atoms with van der Waals surface area (Å²) in [6.45, 7) is 2.47. The highest BCUT2D eigenvalue weighted by molar-refractivity contribution is 5.92. The number of hydrogen-bond acceptors (Lipinski definition) is 4. The van der Waals surface area contributed by atoms with E-state index in [1.54, 1.807) is 12.4 Å². The van der Waals surface area contributed by atoms with E-state index in [2.05, 4.69) is 45.0 Å². The molecule has 2 aromatic heterocycles. The first-order valence-electron chi connectivity index (χ1n) is 10.1. The lowest BCUT2D eigenvalue weighted by Gasteiger charge is -2.32. The van der Waals surface area contributed by atoms with Gasteiger partial charge in [-0.3, -0.25) is 9.78 Å². The van der Waals surface area contributed by atoms with Crippen LogP contribution in [0, 0.1) is 5.92 Å². The quantitative estimate of drug-likeness (QED) is 0.684. The normalized spacial score (nSPS) is 17.8. The van der Waals surface area contributed by atoms with Crippen LogP contribution in [0.15, 0.2) is 49.1 Å². The minimum absolute atomic E-state index is 0.0502. The Morgan fingerprint density at radius 2 is 1.96 bits per heavy atom. The van der Waals surface area contributed by atoms with Gasteiger partial charge < -0.3 is 14.2 Å². The van der Waals surface area contributed by atoms with Crippen LogP contribution in [0.4, 0.5) is 0 Å². The number of aromatic nitrogens is 3. The summed E-state index contributed by atoms with van der Waals surface area (Å²) in [6.07, 6.45) is 11.3. The van der Waals surface area contributed by atoms with Crippen molar-refractivity contribution in [1.82, 2.24) is 19.4 Å². The lowest BCUT2D eigenvalue weighted by Crippen LogP contribution is -2.42. The molecule has 3 heterocycles. The molecule has 1 aromatic carbocycles. The van der Waals surface area contributed by atoms with E-state index in [4.69, 9.17) is 4.74 Å². The second kappa shape index (κ2) is 7.26. The number of carbonyl (C=O) groups excluding carboxylic acids is 1. The average molecular weight is 376 g/mol. The van der Waals surface area contributed by atoms with E-state index in [9.17, 15) is 4.79 Å². The summed E-state index contributed by atoms with van der Waals surface area (Å²) in [5, 5.41) is 1.18. The predicted molar refractivity (Wildman–Crippen MR) is 106 cm³/mol. The molecule has 0 N–H and O–H groups in total. The van der Waals surface area contributed by atoms with Crippen LogP contribution in [0.25, 0.3) is 10.9 Å². The maximum Gasteiger partial charge on any atom is 0.274 e. The van der Waals surface area contributed by atoms with Gasteiger partial charge in [0.2, 0.25) is 0 Å². The molecule has 1 saturated heterocycles. The van der Waals surface area contributed by atoms with Gasteiger partial charge in [0, 0.05) is 56.5 Å². The Labute approximate surface area is 164 Å². The summed E-state index contributed by atoms with van der Waals surface area (Å²) in [6, 6.07) is 8.47. The molecule has 3 aromatic rings. The van der Waals surface area contributed by atoms with E-state index >= 15 is 0 Å². The molecule has 1 aliphatic carbocycles. The molecule has 2 fully saturated rings. The first-order valence-corrected chi connectivity index (χ1v) is 10.1. The van der Waals surface area contributed by atoms with E-state index in [1.807, 2.05) is 4.90 Å². The molecular weight excluding hydrogens is 352 g/mol. The van der Waals surface area contributed by atoms with Gasteiger partial charge in [0.1, 0.15) is 17.5 Å². The van der Waals surface area contributed by atoms with Gasteiger partial charge in [0.25, 0.3) is 5.91 Å². The third kappa shape index (κ3) is 3.46. The molecular formula is C22H24N4O2. The van der Waals surface area contributed by atoms with Crippen molar-refractivity contribution in [2.75, 3.05) is 13.1 Å². The molecule has 0 atom stereocenters. The maximum absolute atomic E-state index is 12.5. The number of benzene rings is 1. The van der Waals surface area contributed by atoms with Gasteiger partial charge in [-0.2, -0.15) is 0 Å². The highest BCUT2D eigenvalue weighted by Crippen LogP contribution is 2.34. The van der Waals surface area contributed by atoms with Crippen molar-refractivity contribution in [1.29, 1.82) is 0 Å². The number of rotatable bonds is 5. The Kier molecular flexibility index (Phi) is 4.47. The molecule has 28 heavy (non-hydrogen) atoms. The zero-order valence-corrected chi connectivity index (χ0v) is 15.8. The Morgan fingerprint density at radius 3 is 2.71 bits per heavy atom. The van der Waals surface area contributed by atoms with Gasteiger partial charge >= 0.3 is 0 Å². The maximum atomic E-state index is 12.5. The van der Waals surface area contributed by atoms with Crippen molar-refractivity contribution in [2.45, 2.75) is 38.3 Å². The minimum Gasteiger partial charge on any atom is -0.490 e. The van der Waals surface area contributed by atoms with Gasteiger partial charge in [-0.25, -0.2) is 4.98 Å². The lowest BCUT2D eigenvalue weighted by atomic mass is 10.1. The van der Waals surface area contributed by atoms with Crippen LogP contribution < -0.4 is 4.74 Å². The number of ether oxygens (including phenoxy) is 1. The summed E-state index contributed by atoms with van der Waals surface area (Å²) in [4.78, 5) is 22.5. The summed E-state index contributed by atoms with van der Waals surface area (Å²) >= 11 is 0. The molecule has 2 aliphatic rings. The molecule has 0 bridgehead atoms. The largest absolute Gasteiger partial charge is 0.490 e. The third-order valence-corrected chi connectivity index (χ3v) is 5.73. The summed E-state index contributed by atoms with van der Waals surface area (Å²) in [5.74, 6) is 1.74. The molecule has 0 radical (unpaired) electrons. The lowest BCUT2D eigenvalue weighted by molar-refractivity contribution is 0.0592. The van der Waals surface area contributed by atoms with Gasteiger partial charge in [-0.15, -0.1) is 0 Å². The van der Waals surface area contributed by atoms with Crippen molar-refractivity contribution >= 4 is 16.8 Å². The minimum atomic E-state index is -0.0502. The van der Waals surface area contributed by atoms with E-state index < -0.39 is 0 Å². The molecule has 1 amide bonds. The number of piperidine rings is 1. The number of likely N-dealkylation sites (tertiary alicyclic amines) is 1. The Morgan fingerprint density at radius 1 is 1.11 bits per heavy atom. The van der Waals surface area contributed by atoms with Crippen LogP contribution in [0.1, 0.15) is 36.2 Å². The van der Waals surface area contributed by atoms with Crippen molar-refractivity contribution in [2.24, 2.45) is 5.92 Å². The second-order valence-electron chi connectivity index (χ2n) is 7.80. The van der Waals surface area contributed by atoms with Crippen LogP contribution >= 0.6 is 0 Å². The standard InChI is InChI=1S/C22H24N4O2/c27-22(19-14-23-9-10-24-19)25-11-6-17(7-12-25)28-21-3-1-2-20-18(21)8-13-26(20)15-16-4-5-16/h1-3,8-10,13-14,16-17H,4-7,11-12,15H2. The number of nitrogens with zero attached hydrogens (tertiary/aromatic N) is 4. The smallest absolute Gasteiger partial charge is 0.274 e. The number of amides is 1. The predicted octanol–water partition coefficient (Wildman–Crippen LogP) is 3.52. The second-order valence-corrected chi connectivity index (χ2v) is 7.80. The molecule has 144 valence electrons. The van der Waals surface area contributed by atoms with Crippen LogP contribution in [0.2, 0.25) is 0 Å². The number of fused-ring (bicyclic) bond motifs is 1. The molecule has 1 saturated carbocycles.